The van der Waals surface area contributed by atoms with Gasteiger partial charge in [-0.1, -0.05) is 13.8 Å². The summed E-state index contributed by atoms with van der Waals surface area (Å²) in [5.74, 6) is 3.27. The molecule has 2 saturated heterocycles. The van der Waals surface area contributed by atoms with Gasteiger partial charge in [0.05, 0.1) is 6.10 Å². The van der Waals surface area contributed by atoms with Crippen LogP contribution in [0.4, 0.5) is 0 Å². The first-order valence-electron chi connectivity index (χ1n) is 7.41. The van der Waals surface area contributed by atoms with Crippen LogP contribution in [0.1, 0.15) is 26.7 Å². The Bertz CT molecular complexity index is 232. The third-order valence-corrected chi connectivity index (χ3v) is 4.97. The smallest absolute Gasteiger partial charge is 0.0612 e. The zero-order chi connectivity index (χ0) is 12.8. The second-order valence-electron chi connectivity index (χ2n) is 5.78. The fraction of sp³-hybridized carbons (Fsp3) is 1.00. The van der Waals surface area contributed by atoms with E-state index < -0.39 is 0 Å². The lowest BCUT2D eigenvalue weighted by Gasteiger charge is -2.33. The van der Waals surface area contributed by atoms with Crippen LogP contribution in [0.15, 0.2) is 0 Å². The molecule has 0 saturated carbocycles. The van der Waals surface area contributed by atoms with Crippen molar-refractivity contribution < 1.29 is 4.74 Å². The highest BCUT2D eigenvalue weighted by Crippen LogP contribution is 2.20. The van der Waals surface area contributed by atoms with E-state index in [1.807, 2.05) is 0 Å². The van der Waals surface area contributed by atoms with E-state index >= 15 is 0 Å². The summed E-state index contributed by atoms with van der Waals surface area (Å²) in [5.41, 5.74) is 0. The maximum atomic E-state index is 5.81. The highest BCUT2D eigenvalue weighted by Gasteiger charge is 2.24. The Morgan fingerprint density at radius 2 is 2.11 bits per heavy atom. The Kier molecular flexibility index (Phi) is 6.29. The van der Waals surface area contributed by atoms with Crippen molar-refractivity contribution in [2.45, 2.75) is 38.8 Å². The lowest BCUT2D eigenvalue weighted by atomic mass is 9.95. The molecule has 0 radical (unpaired) electrons. The van der Waals surface area contributed by atoms with Crippen molar-refractivity contribution in [2.75, 3.05) is 44.3 Å². The summed E-state index contributed by atoms with van der Waals surface area (Å²) in [4.78, 5) is 2.59. The van der Waals surface area contributed by atoms with Gasteiger partial charge in [-0.3, -0.25) is 0 Å². The fourth-order valence-electron chi connectivity index (χ4n) is 2.73. The Morgan fingerprint density at radius 3 is 2.83 bits per heavy atom. The van der Waals surface area contributed by atoms with Gasteiger partial charge in [0.25, 0.3) is 0 Å². The van der Waals surface area contributed by atoms with Gasteiger partial charge in [-0.2, -0.15) is 11.8 Å². The molecule has 106 valence electrons. The van der Waals surface area contributed by atoms with Crippen molar-refractivity contribution in [1.82, 2.24) is 10.2 Å². The molecule has 0 bridgehead atoms. The van der Waals surface area contributed by atoms with Gasteiger partial charge in [0, 0.05) is 50.3 Å². The summed E-state index contributed by atoms with van der Waals surface area (Å²) in [6, 6.07) is 0.672. The molecule has 0 aromatic rings. The van der Waals surface area contributed by atoms with Crippen molar-refractivity contribution in [1.29, 1.82) is 0 Å². The predicted octanol–water partition coefficient (Wildman–Crippen LogP) is 1.83. The second-order valence-corrected chi connectivity index (χ2v) is 7.01. The van der Waals surface area contributed by atoms with Gasteiger partial charge in [-0.25, -0.2) is 0 Å². The number of nitrogens with zero attached hydrogens (tertiary/aromatic N) is 1. The largest absolute Gasteiger partial charge is 0.378 e. The third kappa shape index (κ3) is 4.72. The van der Waals surface area contributed by atoms with E-state index in [-0.39, 0.29) is 0 Å². The SMILES string of the molecule is CC(C)C1CC(NCCN2CCSCC2)CCO1. The van der Waals surface area contributed by atoms with Crippen LogP contribution >= 0.6 is 11.8 Å². The molecule has 2 rings (SSSR count). The summed E-state index contributed by atoms with van der Waals surface area (Å²) >= 11 is 2.09. The quantitative estimate of drug-likeness (QED) is 0.825. The number of rotatable bonds is 5. The summed E-state index contributed by atoms with van der Waals surface area (Å²) in [7, 11) is 0. The van der Waals surface area contributed by atoms with Crippen molar-refractivity contribution in [3.63, 3.8) is 0 Å². The molecule has 2 fully saturated rings. The van der Waals surface area contributed by atoms with Crippen LogP contribution in [0.3, 0.4) is 0 Å². The van der Waals surface area contributed by atoms with Gasteiger partial charge in [-0.05, 0) is 18.8 Å². The zero-order valence-electron chi connectivity index (χ0n) is 11.9. The second kappa shape index (κ2) is 7.73. The minimum Gasteiger partial charge on any atom is -0.378 e. The van der Waals surface area contributed by atoms with Crippen LogP contribution in [-0.2, 0) is 4.74 Å². The highest BCUT2D eigenvalue weighted by atomic mass is 32.2. The molecule has 2 heterocycles. The standard InChI is InChI=1S/C14H28N2OS/c1-12(2)14-11-13(3-8-17-14)15-4-5-16-6-9-18-10-7-16/h12-15H,3-11H2,1-2H3. The summed E-state index contributed by atoms with van der Waals surface area (Å²) in [5, 5.41) is 3.73. The number of hydrogen-bond donors (Lipinski definition) is 1. The van der Waals surface area contributed by atoms with Crippen LogP contribution in [0.5, 0.6) is 0 Å². The van der Waals surface area contributed by atoms with E-state index in [1.54, 1.807) is 0 Å². The lowest BCUT2D eigenvalue weighted by Crippen LogP contribution is -2.44. The number of hydrogen-bond acceptors (Lipinski definition) is 4. The van der Waals surface area contributed by atoms with E-state index in [9.17, 15) is 0 Å². The molecule has 0 amide bonds. The number of ether oxygens (including phenoxy) is 1. The number of nitrogens with one attached hydrogen (secondary N) is 1. The first-order valence-corrected chi connectivity index (χ1v) is 8.56. The van der Waals surface area contributed by atoms with E-state index in [0.29, 0.717) is 18.1 Å². The monoisotopic (exact) mass is 272 g/mol. The molecule has 4 heteroatoms. The Morgan fingerprint density at radius 1 is 1.33 bits per heavy atom. The van der Waals surface area contributed by atoms with Crippen molar-refractivity contribution in [3.05, 3.63) is 0 Å². The molecule has 0 aliphatic carbocycles. The molecule has 2 aliphatic rings. The molecule has 0 aromatic heterocycles. The molecule has 2 unspecified atom stereocenters. The fourth-order valence-corrected chi connectivity index (χ4v) is 3.71. The molecule has 0 aromatic carbocycles. The molecule has 0 spiro atoms. The van der Waals surface area contributed by atoms with Crippen LogP contribution in [0.2, 0.25) is 0 Å². The Balaban J connectivity index is 1.60. The van der Waals surface area contributed by atoms with Gasteiger partial charge in [0.15, 0.2) is 0 Å². The van der Waals surface area contributed by atoms with Gasteiger partial charge in [0.1, 0.15) is 0 Å². The minimum atomic E-state index is 0.461. The summed E-state index contributed by atoms with van der Waals surface area (Å²) in [6.07, 6.45) is 2.83. The van der Waals surface area contributed by atoms with Crippen molar-refractivity contribution in [2.24, 2.45) is 5.92 Å². The molecule has 3 nitrogen and oxygen atoms in total. The average Bonchev–Trinajstić information content (AvgIpc) is 2.40. The van der Waals surface area contributed by atoms with E-state index in [1.165, 1.54) is 44.0 Å². The molecular weight excluding hydrogens is 244 g/mol. The summed E-state index contributed by atoms with van der Waals surface area (Å²) < 4.78 is 5.81. The van der Waals surface area contributed by atoms with Crippen LogP contribution in [-0.4, -0.2) is 61.3 Å². The van der Waals surface area contributed by atoms with E-state index in [4.69, 9.17) is 4.74 Å². The zero-order valence-corrected chi connectivity index (χ0v) is 12.7. The Hall–Kier alpha value is 0.230. The first-order chi connectivity index (χ1) is 8.75. The first kappa shape index (κ1) is 14.6. The maximum absolute atomic E-state index is 5.81. The predicted molar refractivity (Wildman–Crippen MR) is 79.4 cm³/mol. The lowest BCUT2D eigenvalue weighted by molar-refractivity contribution is -0.0244. The van der Waals surface area contributed by atoms with Gasteiger partial charge in [-0.15, -0.1) is 0 Å². The summed E-state index contributed by atoms with van der Waals surface area (Å²) in [6.45, 7) is 10.4. The van der Waals surface area contributed by atoms with Crippen LogP contribution < -0.4 is 5.32 Å². The average molecular weight is 272 g/mol. The van der Waals surface area contributed by atoms with Gasteiger partial charge < -0.3 is 15.0 Å². The molecule has 2 aliphatic heterocycles. The normalized spacial score (nSPS) is 30.8. The molecular formula is C14H28N2OS. The molecule has 2 atom stereocenters. The number of thioether (sulfide) groups is 1. The van der Waals surface area contributed by atoms with E-state index in [2.05, 4.69) is 35.8 Å². The Labute approximate surface area is 116 Å². The molecule has 18 heavy (non-hydrogen) atoms. The topological polar surface area (TPSA) is 24.5 Å². The van der Waals surface area contributed by atoms with Crippen LogP contribution in [0.25, 0.3) is 0 Å². The van der Waals surface area contributed by atoms with Gasteiger partial charge >= 0.3 is 0 Å². The van der Waals surface area contributed by atoms with Crippen molar-refractivity contribution >= 4 is 11.8 Å². The highest BCUT2D eigenvalue weighted by molar-refractivity contribution is 7.99. The molecule has 1 N–H and O–H groups in total. The minimum absolute atomic E-state index is 0.461. The van der Waals surface area contributed by atoms with Crippen molar-refractivity contribution in [3.8, 4) is 0 Å². The third-order valence-electron chi connectivity index (χ3n) is 4.02. The van der Waals surface area contributed by atoms with Gasteiger partial charge in [0.2, 0.25) is 0 Å². The van der Waals surface area contributed by atoms with Crippen LogP contribution in [0, 0.1) is 5.92 Å². The maximum Gasteiger partial charge on any atom is 0.0612 e. The van der Waals surface area contributed by atoms with E-state index in [0.717, 1.165) is 13.2 Å².